The molecular formula is C140H154B2N6S2. The van der Waals surface area contributed by atoms with Crippen LogP contribution in [-0.4, -0.2) is 13.4 Å². The summed E-state index contributed by atoms with van der Waals surface area (Å²) in [5.74, 6) is 0. The zero-order valence-electron chi connectivity index (χ0n) is 95.1. The summed E-state index contributed by atoms with van der Waals surface area (Å²) in [7, 11) is 0. The molecule has 1 unspecified atom stereocenters. The van der Waals surface area contributed by atoms with Gasteiger partial charge >= 0.3 is 0 Å². The average Bonchev–Trinajstić information content (AvgIpc) is 1.35. The van der Waals surface area contributed by atoms with Gasteiger partial charge in [0.1, 0.15) is 0 Å². The molecule has 10 heteroatoms. The van der Waals surface area contributed by atoms with Gasteiger partial charge in [0.2, 0.25) is 0 Å². The molecule has 6 nitrogen and oxygen atoms in total. The van der Waals surface area contributed by atoms with Crippen LogP contribution in [0.25, 0.3) is 20.2 Å². The van der Waals surface area contributed by atoms with Crippen LogP contribution < -0.4 is 60.8 Å². The van der Waals surface area contributed by atoms with Crippen molar-refractivity contribution in [1.29, 1.82) is 0 Å². The number of hydrogen-bond donors (Lipinski definition) is 0. The summed E-state index contributed by atoms with van der Waals surface area (Å²) < 4.78 is 5.42. The standard InChI is InChI=1S/C140H154B2N6S2/c1-128(2,3)87-44-52-94(53-45-87)143(92-39-33-31-34-40-92)100-77-116-123-118(79-100)147(95-54-46-88(47-55-95)129(4,5)6)125-103-74-91(132(13,14)15)51-63-121(103)150-127(125)142(123)113-82-111-110(84-115(113)146(116)99-59-61-105-107(76-99)136(22,23)67-65-134(105,18)19)139(28,29)70-71-140(111,30)85-86-38-37-43-97(72-86)144(93-41-35-32-36-42-93)101-78-117-122-119(80-101)148(96-56-48-89(49-57-96)130(7,8)9)124-102-73-90(131(10,11)12)50-62-120(102)149-126(124)141(122)112-81-108-109(138(26,27)69-68-137(108,24)25)83-114(112)145(117)98-58-60-104-106(75-98)135(20,21)66-64-133(104,16)17/h31-63,72-84H,64-71,85H2,1-30H3. The SMILES string of the molecule is CC(C)(C)c1ccc(N(c2ccccc2)c2cc3c4c(c2)N(c2ccc(C(C)(C)C)cc2)c2c(sc5ccc(C(C)(C)C)cc25)B4c2cc4c(cc2N3c2ccc3c(c2)C(C)(C)CCC3(C)C)C(C)(C)CCC4(C)Cc2cccc(N(c3ccccc3)c3cc4c5c(c3)N(c3ccc(C(C)(C)C)cc3)c3c(sc6ccc(C(C)(C)C)cc36)B5c3cc5c(cc3N4c3ccc4c(c3)C(C)(C)CCC4(C)C)C(C)(C)CCC5(C)C)c2)cc1. The van der Waals surface area contributed by atoms with Crippen molar-refractivity contribution in [1.82, 2.24) is 0 Å². The molecule has 0 radical (unpaired) electrons. The highest BCUT2D eigenvalue weighted by molar-refractivity contribution is 7.34. The lowest BCUT2D eigenvalue weighted by Crippen LogP contribution is -2.61. The highest BCUT2D eigenvalue weighted by atomic mass is 32.1. The molecule has 150 heavy (non-hydrogen) atoms. The van der Waals surface area contributed by atoms with Gasteiger partial charge in [-0.25, -0.2) is 0 Å². The van der Waals surface area contributed by atoms with E-state index in [9.17, 15) is 0 Å². The molecule has 4 aliphatic carbocycles. The predicted octanol–water partition coefficient (Wildman–Crippen LogP) is 36.3. The van der Waals surface area contributed by atoms with E-state index in [0.717, 1.165) is 97.6 Å². The first-order valence-corrected chi connectivity index (χ1v) is 57.7. The minimum atomic E-state index is -0.342. The number of nitrogens with zero attached hydrogens (tertiary/aromatic N) is 6. The van der Waals surface area contributed by atoms with Gasteiger partial charge in [0.25, 0.3) is 13.4 Å². The van der Waals surface area contributed by atoms with Crippen molar-refractivity contribution in [3.8, 4) is 0 Å². The predicted molar refractivity (Wildman–Crippen MR) is 654 cm³/mol. The van der Waals surface area contributed by atoms with Gasteiger partial charge in [0, 0.05) is 109 Å². The van der Waals surface area contributed by atoms with Crippen molar-refractivity contribution in [2.24, 2.45) is 0 Å². The summed E-state index contributed by atoms with van der Waals surface area (Å²) in [4.78, 5) is 16.3. The van der Waals surface area contributed by atoms with Gasteiger partial charge < -0.3 is 29.4 Å². The Hall–Kier alpha value is -12.1. The van der Waals surface area contributed by atoms with Crippen LogP contribution in [0.15, 0.2) is 279 Å². The Morgan fingerprint density at radius 3 is 0.940 bits per heavy atom. The van der Waals surface area contributed by atoms with E-state index in [2.05, 4.69) is 516 Å². The summed E-state index contributed by atoms with van der Waals surface area (Å²) in [6.07, 6.45) is 9.61. The molecular weight excluding hydrogens is 1850 g/mol. The first-order valence-electron chi connectivity index (χ1n) is 56.0. The van der Waals surface area contributed by atoms with Crippen molar-refractivity contribution in [3.63, 3.8) is 0 Å². The summed E-state index contributed by atoms with van der Waals surface area (Å²) in [5.41, 5.74) is 45.4. The van der Waals surface area contributed by atoms with E-state index in [1.807, 2.05) is 22.7 Å². The molecule has 8 aliphatic rings. The Morgan fingerprint density at radius 1 is 0.247 bits per heavy atom. The smallest absolute Gasteiger partial charge is 0.264 e. The lowest BCUT2D eigenvalue weighted by Gasteiger charge is -2.48. The van der Waals surface area contributed by atoms with E-state index in [1.54, 1.807) is 0 Å². The van der Waals surface area contributed by atoms with Crippen LogP contribution in [-0.2, 0) is 76.8 Å². The van der Waals surface area contributed by atoms with E-state index < -0.39 is 0 Å². The second kappa shape index (κ2) is 34.0. The lowest BCUT2D eigenvalue weighted by atomic mass is 9.35. The number of thiophene rings is 2. The van der Waals surface area contributed by atoms with Gasteiger partial charge in [-0.1, -0.05) is 329 Å². The number of hydrogen-bond acceptors (Lipinski definition) is 8. The fourth-order valence-electron chi connectivity index (χ4n) is 27.5. The van der Waals surface area contributed by atoms with Gasteiger partial charge in [0.15, 0.2) is 0 Å². The fourth-order valence-corrected chi connectivity index (χ4v) is 30.1. The minimum absolute atomic E-state index is 0.000862. The molecule has 24 rings (SSSR count). The van der Waals surface area contributed by atoms with E-state index in [-0.39, 0.29) is 83.8 Å². The third kappa shape index (κ3) is 16.2. The maximum atomic E-state index is 2.83. The molecule has 0 fully saturated rings. The van der Waals surface area contributed by atoms with Crippen LogP contribution in [0, 0.1) is 0 Å². The Morgan fingerprint density at radius 2 is 0.553 bits per heavy atom. The average molecular weight is 2010 g/mol. The molecule has 0 bridgehead atoms. The number of anilines is 18. The molecule has 6 heterocycles. The molecule has 0 saturated heterocycles. The Labute approximate surface area is 905 Å². The first-order chi connectivity index (χ1) is 70.5. The Bertz CT molecular complexity index is 8190. The highest BCUT2D eigenvalue weighted by Crippen LogP contribution is 2.61. The highest BCUT2D eigenvalue weighted by Gasteiger charge is 2.54. The zero-order valence-corrected chi connectivity index (χ0v) is 96.7. The number of rotatable bonds is 12. The minimum Gasteiger partial charge on any atom is -0.311 e. The quantitative estimate of drug-likeness (QED) is 0.113. The molecule has 0 amide bonds. The maximum absolute atomic E-state index is 2.83. The van der Waals surface area contributed by atoms with E-state index >= 15 is 0 Å². The van der Waals surface area contributed by atoms with Gasteiger partial charge in [-0.15, -0.1) is 22.7 Å². The van der Waals surface area contributed by atoms with E-state index in [4.69, 9.17) is 0 Å². The van der Waals surface area contributed by atoms with Crippen LogP contribution >= 0.6 is 22.7 Å². The van der Waals surface area contributed by atoms with Crippen LogP contribution in [0.3, 0.4) is 0 Å². The van der Waals surface area contributed by atoms with Gasteiger partial charge in [-0.2, -0.15) is 0 Å². The van der Waals surface area contributed by atoms with Crippen LogP contribution in [0.1, 0.15) is 337 Å². The van der Waals surface area contributed by atoms with Crippen molar-refractivity contribution in [2.45, 2.75) is 336 Å². The van der Waals surface area contributed by atoms with E-state index in [0.29, 0.717) is 0 Å². The molecule has 4 aliphatic heterocycles. The number of fused-ring (bicyclic) bond motifs is 16. The van der Waals surface area contributed by atoms with Crippen LogP contribution in [0.4, 0.5) is 102 Å². The summed E-state index contributed by atoms with van der Waals surface area (Å²) in [6.45, 7) is 73.1. The lowest BCUT2D eigenvalue weighted by molar-refractivity contribution is 0.310. The van der Waals surface area contributed by atoms with E-state index in [1.165, 1.54) is 192 Å². The normalized spacial score (nSPS) is 18.6. The third-order valence-corrected chi connectivity index (χ3v) is 39.7. The molecule has 762 valence electrons. The Balaban J connectivity index is 0.745. The topological polar surface area (TPSA) is 19.4 Å². The molecule has 2 aromatic heterocycles. The van der Waals surface area contributed by atoms with Crippen molar-refractivity contribution in [2.75, 3.05) is 29.4 Å². The molecule has 0 saturated carbocycles. The molecule has 0 N–H and O–H groups in total. The monoisotopic (exact) mass is 2010 g/mol. The first kappa shape index (κ1) is 99.9. The summed E-state index contributed by atoms with van der Waals surface area (Å²) >= 11 is 4.06. The number of benzene rings is 14. The van der Waals surface area contributed by atoms with Crippen molar-refractivity contribution < 1.29 is 0 Å². The molecule has 1 atom stereocenters. The van der Waals surface area contributed by atoms with Crippen molar-refractivity contribution >= 4 is 190 Å². The fraction of sp³-hybridized carbons (Fsp3) is 0.371. The van der Waals surface area contributed by atoms with Crippen LogP contribution in [0.2, 0.25) is 0 Å². The Kier molecular flexibility index (Phi) is 22.6. The second-order valence-electron chi connectivity index (χ2n) is 56.3. The van der Waals surface area contributed by atoms with Crippen molar-refractivity contribution in [3.05, 3.63) is 357 Å². The molecule has 16 aromatic rings. The maximum Gasteiger partial charge on any atom is 0.264 e. The molecule has 0 spiro atoms. The summed E-state index contributed by atoms with van der Waals surface area (Å²) in [5, 5.41) is 2.61. The largest absolute Gasteiger partial charge is 0.311 e. The zero-order chi connectivity index (χ0) is 106. The van der Waals surface area contributed by atoms with Gasteiger partial charge in [-0.05, 0) is 386 Å². The van der Waals surface area contributed by atoms with Crippen LogP contribution in [0.5, 0.6) is 0 Å². The van der Waals surface area contributed by atoms with Gasteiger partial charge in [0.05, 0.1) is 22.7 Å². The van der Waals surface area contributed by atoms with Gasteiger partial charge in [-0.3, -0.25) is 0 Å². The second-order valence-corrected chi connectivity index (χ2v) is 58.4. The third-order valence-electron chi connectivity index (χ3n) is 37.3. The number of para-hydroxylation sites is 2. The molecule has 14 aromatic carbocycles. The summed E-state index contributed by atoms with van der Waals surface area (Å²) in [6, 6.07) is 114.